The van der Waals surface area contributed by atoms with E-state index in [4.69, 9.17) is 4.74 Å². The Hall–Kier alpha value is -3.41. The molecule has 1 aliphatic heterocycles. The van der Waals surface area contributed by atoms with Crippen molar-refractivity contribution in [3.8, 4) is 11.6 Å². The third-order valence-corrected chi connectivity index (χ3v) is 4.35. The Morgan fingerprint density at radius 1 is 1.12 bits per heavy atom. The third kappa shape index (κ3) is 2.86. The van der Waals surface area contributed by atoms with Crippen molar-refractivity contribution in [2.24, 2.45) is 0 Å². The summed E-state index contributed by atoms with van der Waals surface area (Å²) in [7, 11) is 0. The van der Waals surface area contributed by atoms with Crippen molar-refractivity contribution in [1.82, 2.24) is 9.78 Å². The Kier molecular flexibility index (Phi) is 4.01. The van der Waals surface area contributed by atoms with Gasteiger partial charge in [0.05, 0.1) is 29.3 Å². The topological polar surface area (TPSA) is 73.2 Å². The molecule has 0 spiro atoms. The number of carbonyl (C=O) groups is 2. The molecule has 1 amide bonds. The Balaban J connectivity index is 1.73. The molecule has 0 saturated carbocycles. The van der Waals surface area contributed by atoms with E-state index in [2.05, 4.69) is 10.4 Å². The van der Waals surface area contributed by atoms with Crippen molar-refractivity contribution in [2.75, 3.05) is 5.32 Å². The van der Waals surface area contributed by atoms with E-state index in [1.54, 1.807) is 16.8 Å². The largest absolute Gasteiger partial charge is 0.407 e. The van der Waals surface area contributed by atoms with Gasteiger partial charge >= 0.3 is 5.97 Å². The van der Waals surface area contributed by atoms with Crippen LogP contribution in [0.4, 0.5) is 5.69 Å². The van der Waals surface area contributed by atoms with Gasteiger partial charge in [-0.2, -0.15) is 5.10 Å². The predicted octanol–water partition coefficient (Wildman–Crippen LogP) is 3.21. The number of amides is 1. The number of benzene rings is 2. The summed E-state index contributed by atoms with van der Waals surface area (Å²) in [6.07, 6.45) is -0.00695. The zero-order valence-corrected chi connectivity index (χ0v) is 14.2. The maximum atomic E-state index is 12.8. The molecular weight excluding hydrogens is 330 g/mol. The summed E-state index contributed by atoms with van der Waals surface area (Å²) in [4.78, 5) is 25.0. The van der Waals surface area contributed by atoms with Crippen LogP contribution >= 0.6 is 0 Å². The number of aromatic nitrogens is 2. The number of rotatable bonds is 3. The Labute approximate surface area is 150 Å². The highest BCUT2D eigenvalue weighted by Gasteiger charge is 2.37. The van der Waals surface area contributed by atoms with Crippen molar-refractivity contribution in [2.45, 2.75) is 19.3 Å². The van der Waals surface area contributed by atoms with Crippen LogP contribution in [0.15, 0.2) is 60.7 Å². The lowest BCUT2D eigenvalue weighted by Crippen LogP contribution is -2.30. The first-order chi connectivity index (χ1) is 12.6. The van der Waals surface area contributed by atoms with E-state index >= 15 is 0 Å². The molecule has 0 fully saturated rings. The number of hydrogen-bond donors (Lipinski definition) is 1. The van der Waals surface area contributed by atoms with Crippen LogP contribution in [-0.4, -0.2) is 21.7 Å². The maximum absolute atomic E-state index is 12.8. The molecule has 1 N–H and O–H groups in total. The average molecular weight is 347 g/mol. The van der Waals surface area contributed by atoms with Crippen molar-refractivity contribution in [3.63, 3.8) is 0 Å². The van der Waals surface area contributed by atoms with Crippen molar-refractivity contribution in [3.05, 3.63) is 71.9 Å². The normalized spacial score (nSPS) is 15.9. The minimum Gasteiger partial charge on any atom is -0.407 e. The molecule has 2 heterocycles. The highest BCUT2D eigenvalue weighted by molar-refractivity contribution is 5.99. The molecule has 4 rings (SSSR count). The van der Waals surface area contributed by atoms with Gasteiger partial charge in [-0.1, -0.05) is 36.4 Å². The molecular formula is C20H17N3O3. The smallest absolute Gasteiger partial charge is 0.313 e. The summed E-state index contributed by atoms with van der Waals surface area (Å²) in [6, 6.07) is 18.6. The number of aryl methyl sites for hydroxylation is 1. The van der Waals surface area contributed by atoms with Crippen LogP contribution in [0.25, 0.3) is 5.69 Å². The fourth-order valence-corrected chi connectivity index (χ4v) is 3.15. The Morgan fingerprint density at radius 2 is 1.77 bits per heavy atom. The first-order valence-electron chi connectivity index (χ1n) is 8.35. The summed E-state index contributed by atoms with van der Waals surface area (Å²) in [6.45, 7) is 1.82. The molecule has 26 heavy (non-hydrogen) atoms. The number of carbonyl (C=O) groups excluding carboxylic acids is 2. The summed E-state index contributed by atoms with van der Waals surface area (Å²) in [5, 5.41) is 7.36. The van der Waals surface area contributed by atoms with Gasteiger partial charge in [0.2, 0.25) is 11.8 Å². The van der Waals surface area contributed by atoms with Crippen LogP contribution in [-0.2, 0) is 9.59 Å². The minimum absolute atomic E-state index is 0.00695. The van der Waals surface area contributed by atoms with E-state index < -0.39 is 11.9 Å². The number of fused-ring (bicyclic) bond motifs is 1. The highest BCUT2D eigenvalue weighted by Crippen LogP contribution is 2.38. The number of nitrogens with one attached hydrogen (secondary N) is 1. The van der Waals surface area contributed by atoms with E-state index in [1.165, 1.54) is 0 Å². The van der Waals surface area contributed by atoms with Gasteiger partial charge in [0, 0.05) is 5.69 Å². The lowest BCUT2D eigenvalue weighted by Gasteiger charge is -2.22. The lowest BCUT2D eigenvalue weighted by atomic mass is 9.93. The molecule has 0 radical (unpaired) electrons. The van der Waals surface area contributed by atoms with Crippen LogP contribution < -0.4 is 10.1 Å². The maximum Gasteiger partial charge on any atom is 0.313 e. The third-order valence-electron chi connectivity index (χ3n) is 4.35. The number of nitrogens with zero attached hydrogens (tertiary/aromatic N) is 2. The van der Waals surface area contributed by atoms with E-state index in [1.807, 2.05) is 55.5 Å². The van der Waals surface area contributed by atoms with Gasteiger partial charge in [-0.3, -0.25) is 9.59 Å². The van der Waals surface area contributed by atoms with Gasteiger partial charge < -0.3 is 10.1 Å². The van der Waals surface area contributed by atoms with Gasteiger partial charge in [-0.15, -0.1) is 0 Å². The molecule has 6 heteroatoms. The first-order valence-corrected chi connectivity index (χ1v) is 8.35. The molecule has 0 saturated heterocycles. The van der Waals surface area contributed by atoms with Crippen LogP contribution in [0.2, 0.25) is 0 Å². The SMILES string of the molecule is Cc1nn(-c2ccccc2)c2c1[C@H](C(=O)Nc1ccccc1)CC(=O)O2. The van der Waals surface area contributed by atoms with Crippen LogP contribution in [0.5, 0.6) is 5.88 Å². The highest BCUT2D eigenvalue weighted by atomic mass is 16.5. The van der Waals surface area contributed by atoms with Crippen LogP contribution in [0, 0.1) is 6.92 Å². The van der Waals surface area contributed by atoms with Crippen LogP contribution in [0.1, 0.15) is 23.6 Å². The van der Waals surface area contributed by atoms with Gasteiger partial charge in [0.25, 0.3) is 0 Å². The van der Waals surface area contributed by atoms with E-state index in [9.17, 15) is 9.59 Å². The average Bonchev–Trinajstić information content (AvgIpc) is 2.99. The lowest BCUT2D eigenvalue weighted by molar-refractivity contribution is -0.138. The Bertz CT molecular complexity index is 965. The predicted molar refractivity (Wildman–Crippen MR) is 96.4 cm³/mol. The molecule has 0 bridgehead atoms. The molecule has 6 nitrogen and oxygen atoms in total. The molecule has 0 unspecified atom stereocenters. The number of anilines is 1. The van der Waals surface area contributed by atoms with Crippen molar-refractivity contribution < 1.29 is 14.3 Å². The second kappa shape index (κ2) is 6.48. The zero-order chi connectivity index (χ0) is 18.1. The number of hydrogen-bond acceptors (Lipinski definition) is 4. The summed E-state index contributed by atoms with van der Waals surface area (Å²) in [5.41, 5.74) is 2.78. The van der Waals surface area contributed by atoms with Gasteiger partial charge in [-0.05, 0) is 31.2 Å². The second-order valence-corrected chi connectivity index (χ2v) is 6.14. The standard InChI is InChI=1S/C20H17N3O3/c1-13-18-16(19(25)21-14-8-4-2-5-9-14)12-17(24)26-20(18)23(22-13)15-10-6-3-7-11-15/h2-11,16H,12H2,1H3,(H,21,25)/t16-/m1/s1. The van der Waals surface area contributed by atoms with E-state index in [0.717, 1.165) is 5.69 Å². The number of para-hydroxylation sites is 2. The van der Waals surface area contributed by atoms with Gasteiger partial charge in [-0.25, -0.2) is 4.68 Å². The second-order valence-electron chi connectivity index (χ2n) is 6.14. The molecule has 1 aliphatic rings. The molecule has 1 atom stereocenters. The fourth-order valence-electron chi connectivity index (χ4n) is 3.15. The van der Waals surface area contributed by atoms with E-state index in [-0.39, 0.29) is 12.3 Å². The van der Waals surface area contributed by atoms with Gasteiger partial charge in [0.15, 0.2) is 0 Å². The zero-order valence-electron chi connectivity index (χ0n) is 14.2. The minimum atomic E-state index is -0.635. The number of ether oxygens (including phenoxy) is 1. The fraction of sp³-hybridized carbons (Fsp3) is 0.150. The number of esters is 1. The quantitative estimate of drug-likeness (QED) is 0.739. The Morgan fingerprint density at radius 3 is 2.46 bits per heavy atom. The van der Waals surface area contributed by atoms with Gasteiger partial charge in [0.1, 0.15) is 0 Å². The summed E-state index contributed by atoms with van der Waals surface area (Å²) >= 11 is 0. The van der Waals surface area contributed by atoms with E-state index in [0.29, 0.717) is 22.8 Å². The molecule has 2 aromatic carbocycles. The molecule has 0 aliphatic carbocycles. The molecule has 3 aromatic rings. The van der Waals surface area contributed by atoms with Crippen molar-refractivity contribution >= 4 is 17.6 Å². The first kappa shape index (κ1) is 16.1. The molecule has 130 valence electrons. The summed E-state index contributed by atoms with van der Waals surface area (Å²) < 4.78 is 7.02. The summed E-state index contributed by atoms with van der Waals surface area (Å²) in [5.74, 6) is -1.00. The monoisotopic (exact) mass is 347 g/mol. The van der Waals surface area contributed by atoms with Crippen LogP contribution in [0.3, 0.4) is 0 Å². The van der Waals surface area contributed by atoms with Crippen molar-refractivity contribution in [1.29, 1.82) is 0 Å². The molecule has 1 aromatic heterocycles.